The highest BCUT2D eigenvalue weighted by Crippen LogP contribution is 2.41. The van der Waals surface area contributed by atoms with E-state index in [1.807, 2.05) is 59.7 Å². The second kappa shape index (κ2) is 11.7. The molecule has 2 saturated heterocycles. The van der Waals surface area contributed by atoms with E-state index in [-0.39, 0.29) is 11.8 Å². The second-order valence-corrected chi connectivity index (χ2v) is 10.4. The monoisotopic (exact) mass is 486 g/mol. The lowest BCUT2D eigenvalue weighted by molar-refractivity contribution is -0.185. The van der Waals surface area contributed by atoms with Crippen molar-refractivity contribution in [3.8, 4) is 0 Å². The maximum absolute atomic E-state index is 13.7. The van der Waals surface area contributed by atoms with E-state index in [1.54, 1.807) is 0 Å². The summed E-state index contributed by atoms with van der Waals surface area (Å²) in [5.74, 6) is -0.0739. The first-order valence-electron chi connectivity index (χ1n) is 13.2. The molecule has 1 N–H and O–H groups in total. The van der Waals surface area contributed by atoms with Crippen LogP contribution in [-0.4, -0.2) is 40.1 Å². The van der Waals surface area contributed by atoms with Crippen molar-refractivity contribution in [2.45, 2.75) is 57.8 Å². The van der Waals surface area contributed by atoms with Gasteiger partial charge in [-0.05, 0) is 68.9 Å². The molecule has 0 aromatic heterocycles. The summed E-state index contributed by atoms with van der Waals surface area (Å²) < 4.78 is 0. The summed E-state index contributed by atoms with van der Waals surface area (Å²) in [6.07, 6.45) is 12.3. The van der Waals surface area contributed by atoms with Crippen molar-refractivity contribution in [1.82, 2.24) is 9.96 Å². The number of hydroxylamine groups is 2. The predicted molar refractivity (Wildman–Crippen MR) is 142 cm³/mol. The smallest absolute Gasteiger partial charge is 0.252 e. The zero-order valence-electron chi connectivity index (χ0n) is 21.1. The van der Waals surface area contributed by atoms with Crippen LogP contribution in [0.4, 0.5) is 0 Å². The van der Waals surface area contributed by atoms with E-state index in [2.05, 4.69) is 30.8 Å². The predicted octanol–water partition coefficient (Wildman–Crippen LogP) is 5.95. The minimum atomic E-state index is -0.652. The van der Waals surface area contributed by atoms with Crippen molar-refractivity contribution in [2.24, 2.45) is 10.8 Å². The second-order valence-electron chi connectivity index (χ2n) is 10.4. The summed E-state index contributed by atoms with van der Waals surface area (Å²) in [5.41, 5.74) is 1.21. The summed E-state index contributed by atoms with van der Waals surface area (Å²) in [7, 11) is 0. The van der Waals surface area contributed by atoms with Crippen LogP contribution in [0.5, 0.6) is 0 Å². The third-order valence-electron chi connectivity index (χ3n) is 7.93. The number of aryl methyl sites for hydroxylation is 1. The van der Waals surface area contributed by atoms with Gasteiger partial charge in [0.15, 0.2) is 0 Å². The minimum absolute atomic E-state index is 0.130. The first-order chi connectivity index (χ1) is 17.5. The van der Waals surface area contributed by atoms with Crippen molar-refractivity contribution in [2.75, 3.05) is 13.1 Å². The van der Waals surface area contributed by atoms with Crippen molar-refractivity contribution in [1.29, 1.82) is 0 Å². The molecule has 2 fully saturated rings. The minimum Gasteiger partial charge on any atom is -0.319 e. The lowest BCUT2D eigenvalue weighted by atomic mass is 9.71. The van der Waals surface area contributed by atoms with Gasteiger partial charge in [-0.2, -0.15) is 0 Å². The van der Waals surface area contributed by atoms with Crippen LogP contribution in [0.1, 0.15) is 56.1 Å². The molecule has 2 aliphatic heterocycles. The number of carbonyl (C=O) groups is 2. The van der Waals surface area contributed by atoms with Crippen molar-refractivity contribution < 1.29 is 14.8 Å². The quantitative estimate of drug-likeness (QED) is 0.334. The number of allylic oxidation sites excluding steroid dienone is 2. The molecule has 2 amide bonds. The maximum Gasteiger partial charge on any atom is 0.252 e. The SMILES string of the molecule is C=CC[C@]1(Cc2ccccc2)CCCN(/C=C/C[C@]2(CCc3ccccc3)CCCN(O)C2=O)C1=O. The number of benzene rings is 2. The number of rotatable bonds is 10. The number of nitrogens with zero attached hydrogens (tertiary/aromatic N) is 2. The molecule has 2 aliphatic rings. The molecule has 2 heterocycles. The lowest BCUT2D eigenvalue weighted by Crippen LogP contribution is -2.48. The Balaban J connectivity index is 1.50. The summed E-state index contributed by atoms with van der Waals surface area (Å²) >= 11 is 0. The van der Waals surface area contributed by atoms with Crippen LogP contribution in [-0.2, 0) is 22.4 Å². The molecule has 0 saturated carbocycles. The van der Waals surface area contributed by atoms with Crippen LogP contribution in [0.15, 0.2) is 85.6 Å². The molecule has 2 atom stereocenters. The average Bonchev–Trinajstić information content (AvgIpc) is 2.90. The Bertz CT molecular complexity index is 1070. The molecule has 5 heteroatoms. The Morgan fingerprint density at radius 3 is 2.17 bits per heavy atom. The summed E-state index contributed by atoms with van der Waals surface area (Å²) in [6, 6.07) is 20.4. The largest absolute Gasteiger partial charge is 0.319 e. The van der Waals surface area contributed by atoms with Gasteiger partial charge in [-0.3, -0.25) is 14.8 Å². The van der Waals surface area contributed by atoms with Gasteiger partial charge in [-0.15, -0.1) is 6.58 Å². The molecule has 0 unspecified atom stereocenters. The van der Waals surface area contributed by atoms with E-state index in [9.17, 15) is 14.8 Å². The van der Waals surface area contributed by atoms with Crippen LogP contribution >= 0.6 is 0 Å². The third kappa shape index (κ3) is 5.79. The fourth-order valence-corrected chi connectivity index (χ4v) is 5.94. The molecule has 2 aromatic carbocycles. The van der Waals surface area contributed by atoms with Crippen LogP contribution in [0.2, 0.25) is 0 Å². The number of likely N-dealkylation sites (tertiary alicyclic amines) is 1. The Labute approximate surface area is 215 Å². The lowest BCUT2D eigenvalue weighted by Gasteiger charge is -2.41. The van der Waals surface area contributed by atoms with E-state index in [4.69, 9.17) is 0 Å². The number of amides is 2. The average molecular weight is 487 g/mol. The van der Waals surface area contributed by atoms with E-state index in [0.717, 1.165) is 42.7 Å². The molecule has 5 nitrogen and oxygen atoms in total. The third-order valence-corrected chi connectivity index (χ3v) is 7.93. The molecule has 4 rings (SSSR count). The molecule has 0 spiro atoms. The first-order valence-corrected chi connectivity index (χ1v) is 13.2. The molecule has 0 aliphatic carbocycles. The van der Waals surface area contributed by atoms with Crippen LogP contribution in [0.3, 0.4) is 0 Å². The molecule has 190 valence electrons. The zero-order valence-corrected chi connectivity index (χ0v) is 21.1. The van der Waals surface area contributed by atoms with Gasteiger partial charge in [0.25, 0.3) is 5.91 Å². The fraction of sp³-hybridized carbons (Fsp3) is 0.419. The van der Waals surface area contributed by atoms with Gasteiger partial charge in [0.05, 0.1) is 10.8 Å². The number of hydrogen-bond donors (Lipinski definition) is 1. The molecule has 2 aromatic rings. The van der Waals surface area contributed by atoms with Gasteiger partial charge in [0.2, 0.25) is 5.91 Å². The number of hydrogen-bond acceptors (Lipinski definition) is 3. The number of piperidine rings is 2. The van der Waals surface area contributed by atoms with E-state index in [1.165, 1.54) is 5.56 Å². The highest BCUT2D eigenvalue weighted by Gasteiger charge is 2.44. The topological polar surface area (TPSA) is 60.9 Å². The highest BCUT2D eigenvalue weighted by atomic mass is 16.5. The first kappa shape index (κ1) is 25.9. The molecule has 0 bridgehead atoms. The standard InChI is InChI=1S/C31H38N2O3/c1-2-17-31(25-27-14-7-4-8-15-27)20-10-23-32(28(31)34)22-9-18-30(19-11-24-33(36)29(30)35)21-16-26-12-5-3-6-13-26/h2-9,12-15,22,36H,1,10-11,16-21,23-25H2/b22-9+/t30-,31-/m1/s1. The molecule has 0 radical (unpaired) electrons. The fourth-order valence-electron chi connectivity index (χ4n) is 5.94. The van der Waals surface area contributed by atoms with Crippen LogP contribution < -0.4 is 0 Å². The van der Waals surface area contributed by atoms with E-state index < -0.39 is 10.8 Å². The van der Waals surface area contributed by atoms with Gasteiger partial charge in [-0.1, -0.05) is 72.8 Å². The Morgan fingerprint density at radius 2 is 1.47 bits per heavy atom. The van der Waals surface area contributed by atoms with Crippen LogP contribution in [0.25, 0.3) is 0 Å². The summed E-state index contributed by atoms with van der Waals surface area (Å²) in [6.45, 7) is 5.00. The maximum atomic E-state index is 13.7. The van der Waals surface area contributed by atoms with E-state index >= 15 is 0 Å². The van der Waals surface area contributed by atoms with Gasteiger partial charge in [0, 0.05) is 19.3 Å². The Kier molecular flexibility index (Phi) is 8.42. The highest BCUT2D eigenvalue weighted by molar-refractivity contribution is 5.85. The molecule has 36 heavy (non-hydrogen) atoms. The van der Waals surface area contributed by atoms with Gasteiger partial charge >= 0.3 is 0 Å². The zero-order chi connectivity index (χ0) is 25.4. The number of carbonyl (C=O) groups excluding carboxylic acids is 2. The Morgan fingerprint density at radius 1 is 0.833 bits per heavy atom. The normalized spacial score (nSPS) is 24.9. The molecular formula is C31H38N2O3. The van der Waals surface area contributed by atoms with E-state index in [0.29, 0.717) is 38.8 Å². The van der Waals surface area contributed by atoms with Crippen molar-refractivity contribution >= 4 is 11.8 Å². The van der Waals surface area contributed by atoms with Crippen molar-refractivity contribution in [3.05, 3.63) is 96.7 Å². The van der Waals surface area contributed by atoms with Crippen LogP contribution in [0, 0.1) is 10.8 Å². The van der Waals surface area contributed by atoms with Gasteiger partial charge < -0.3 is 4.90 Å². The summed E-state index contributed by atoms with van der Waals surface area (Å²) in [4.78, 5) is 28.7. The molecular weight excluding hydrogens is 448 g/mol. The van der Waals surface area contributed by atoms with Gasteiger partial charge in [-0.25, -0.2) is 5.06 Å². The van der Waals surface area contributed by atoms with Gasteiger partial charge in [0.1, 0.15) is 0 Å². The van der Waals surface area contributed by atoms with Crippen molar-refractivity contribution in [3.63, 3.8) is 0 Å². The summed E-state index contributed by atoms with van der Waals surface area (Å²) in [5, 5.41) is 11.1. The Hall–Kier alpha value is -3.18.